The van der Waals surface area contributed by atoms with Gasteiger partial charge in [0, 0.05) is 6.54 Å². The van der Waals surface area contributed by atoms with Crippen molar-refractivity contribution in [2.75, 3.05) is 19.7 Å². The maximum Gasteiger partial charge on any atom is 0.455 e. The molecule has 160 valence electrons. The van der Waals surface area contributed by atoms with Gasteiger partial charge in [-0.05, 0) is 25.1 Å². The van der Waals surface area contributed by atoms with Gasteiger partial charge in [-0.3, -0.25) is 4.79 Å². The third-order valence-corrected chi connectivity index (χ3v) is 4.63. The molecule has 1 aromatic rings. The minimum atomic E-state index is -4.90. The lowest BCUT2D eigenvalue weighted by Gasteiger charge is -2.12. The average Bonchev–Trinajstić information content (AvgIpc) is 2.67. The zero-order valence-electron chi connectivity index (χ0n) is 17.0. The first-order valence-electron chi connectivity index (χ1n) is 10.5. The van der Waals surface area contributed by atoms with Gasteiger partial charge in [0.1, 0.15) is 12.4 Å². The highest BCUT2D eigenvalue weighted by atomic mass is 19.4. The number of ether oxygens (including phenoxy) is 1. The second-order valence-corrected chi connectivity index (χ2v) is 7.10. The predicted octanol–water partition coefficient (Wildman–Crippen LogP) is 6.32. The van der Waals surface area contributed by atoms with E-state index in [0.717, 1.165) is 19.0 Å². The molecule has 0 aliphatic heterocycles. The number of unbranched alkanes of at least 4 members (excludes halogenated alkanes) is 9. The van der Waals surface area contributed by atoms with Gasteiger partial charge in [-0.1, -0.05) is 76.8 Å². The van der Waals surface area contributed by atoms with Crippen LogP contribution in [0.5, 0.6) is 5.75 Å². The lowest BCUT2D eigenvalue weighted by atomic mass is 10.1. The van der Waals surface area contributed by atoms with Crippen molar-refractivity contribution >= 4 is 5.78 Å². The number of halogens is 3. The van der Waals surface area contributed by atoms with Crippen LogP contribution in [0.25, 0.3) is 0 Å². The lowest BCUT2D eigenvalue weighted by Crippen LogP contribution is -2.25. The Balaban J connectivity index is 2.06. The van der Waals surface area contributed by atoms with Gasteiger partial charge in [-0.25, -0.2) is 0 Å². The summed E-state index contributed by atoms with van der Waals surface area (Å²) in [6.45, 7) is 3.85. The quantitative estimate of drug-likeness (QED) is 0.260. The van der Waals surface area contributed by atoms with Crippen molar-refractivity contribution in [3.05, 3.63) is 29.8 Å². The Kier molecular flexibility index (Phi) is 12.6. The summed E-state index contributed by atoms with van der Waals surface area (Å²) in [5.74, 6) is -1.90. The first-order valence-corrected chi connectivity index (χ1v) is 10.5. The van der Waals surface area contributed by atoms with Gasteiger partial charge in [-0.2, -0.15) is 13.2 Å². The zero-order chi connectivity index (χ0) is 20.7. The molecule has 0 fully saturated rings. The Morgan fingerprint density at radius 3 is 2.07 bits per heavy atom. The van der Waals surface area contributed by atoms with Crippen molar-refractivity contribution in [3.63, 3.8) is 0 Å². The van der Waals surface area contributed by atoms with Crippen LogP contribution in [0.3, 0.4) is 0 Å². The molecule has 0 heterocycles. The molecular weight excluding hydrogens is 367 g/mol. The van der Waals surface area contributed by atoms with Crippen LogP contribution in [-0.2, 0) is 0 Å². The van der Waals surface area contributed by atoms with Gasteiger partial charge in [0.15, 0.2) is 0 Å². The standard InChI is InChI=1S/C22H34F3NO2/c1-2-3-4-5-6-7-8-9-10-13-16-26-17-18-28-20-15-12-11-14-19(20)21(27)22(23,24)25/h11-12,14-15,26H,2-10,13,16-18H2,1H3. The Morgan fingerprint density at radius 1 is 0.893 bits per heavy atom. The van der Waals surface area contributed by atoms with Crippen molar-refractivity contribution in [1.29, 1.82) is 0 Å². The molecular formula is C22H34F3NO2. The molecule has 0 aliphatic rings. The molecule has 0 aliphatic carbocycles. The second kappa shape index (κ2) is 14.4. The molecule has 0 spiro atoms. The monoisotopic (exact) mass is 401 g/mol. The van der Waals surface area contributed by atoms with Gasteiger partial charge in [0.25, 0.3) is 5.78 Å². The largest absolute Gasteiger partial charge is 0.492 e. The van der Waals surface area contributed by atoms with Crippen LogP contribution in [-0.4, -0.2) is 31.7 Å². The molecule has 3 nitrogen and oxygen atoms in total. The Morgan fingerprint density at radius 2 is 1.46 bits per heavy atom. The van der Waals surface area contributed by atoms with E-state index in [0.29, 0.717) is 6.54 Å². The predicted molar refractivity (Wildman–Crippen MR) is 107 cm³/mol. The SMILES string of the molecule is CCCCCCCCCCCCNCCOc1ccccc1C(=O)C(F)(F)F. The molecule has 0 saturated carbocycles. The minimum Gasteiger partial charge on any atom is -0.492 e. The molecule has 0 saturated heterocycles. The molecule has 0 bridgehead atoms. The highest BCUT2D eigenvalue weighted by Gasteiger charge is 2.40. The zero-order valence-corrected chi connectivity index (χ0v) is 17.0. The van der Waals surface area contributed by atoms with E-state index in [4.69, 9.17) is 4.74 Å². The lowest BCUT2D eigenvalue weighted by molar-refractivity contribution is -0.0886. The van der Waals surface area contributed by atoms with Crippen molar-refractivity contribution in [3.8, 4) is 5.75 Å². The Labute approximate surface area is 167 Å². The number of hydrogen-bond acceptors (Lipinski definition) is 3. The molecule has 1 aromatic carbocycles. The fourth-order valence-electron chi connectivity index (χ4n) is 3.03. The fourth-order valence-corrected chi connectivity index (χ4v) is 3.03. The summed E-state index contributed by atoms with van der Waals surface area (Å²) >= 11 is 0. The van der Waals surface area contributed by atoms with E-state index < -0.39 is 17.5 Å². The molecule has 0 radical (unpaired) electrons. The Hall–Kier alpha value is -1.56. The van der Waals surface area contributed by atoms with E-state index >= 15 is 0 Å². The fraction of sp³-hybridized carbons (Fsp3) is 0.682. The maximum atomic E-state index is 12.6. The van der Waals surface area contributed by atoms with E-state index in [1.54, 1.807) is 6.07 Å². The summed E-state index contributed by atoms with van der Waals surface area (Å²) in [6, 6.07) is 5.48. The average molecular weight is 402 g/mol. The number of hydrogen-bond donors (Lipinski definition) is 1. The Bertz CT molecular complexity index is 547. The first-order chi connectivity index (χ1) is 13.5. The highest BCUT2D eigenvalue weighted by molar-refractivity contribution is 6.02. The van der Waals surface area contributed by atoms with Gasteiger partial charge in [-0.15, -0.1) is 0 Å². The number of carbonyl (C=O) groups is 1. The van der Waals surface area contributed by atoms with Crippen LogP contribution in [0.1, 0.15) is 81.5 Å². The summed E-state index contributed by atoms with van der Waals surface area (Å²) in [6.07, 6.45) is 7.92. The van der Waals surface area contributed by atoms with Gasteiger partial charge >= 0.3 is 6.18 Å². The number of benzene rings is 1. The van der Waals surface area contributed by atoms with E-state index in [-0.39, 0.29) is 12.4 Å². The molecule has 0 atom stereocenters. The molecule has 0 unspecified atom stereocenters. The van der Waals surface area contributed by atoms with Crippen molar-refractivity contribution < 1.29 is 22.7 Å². The molecule has 0 aromatic heterocycles. The van der Waals surface area contributed by atoms with Crippen molar-refractivity contribution in [1.82, 2.24) is 5.32 Å². The molecule has 1 N–H and O–H groups in total. The van der Waals surface area contributed by atoms with Crippen LogP contribution >= 0.6 is 0 Å². The summed E-state index contributed by atoms with van der Waals surface area (Å²) in [5, 5.41) is 3.23. The number of rotatable bonds is 16. The summed E-state index contributed by atoms with van der Waals surface area (Å²) in [7, 11) is 0. The number of nitrogens with one attached hydrogen (secondary N) is 1. The van der Waals surface area contributed by atoms with E-state index in [1.165, 1.54) is 69.9 Å². The molecule has 1 rings (SSSR count). The molecule has 28 heavy (non-hydrogen) atoms. The normalized spacial score (nSPS) is 11.6. The van der Waals surface area contributed by atoms with Crippen LogP contribution in [0.4, 0.5) is 13.2 Å². The van der Waals surface area contributed by atoms with Crippen molar-refractivity contribution in [2.24, 2.45) is 0 Å². The van der Waals surface area contributed by atoms with Crippen LogP contribution in [0.15, 0.2) is 24.3 Å². The third kappa shape index (κ3) is 10.7. The number of carbonyl (C=O) groups excluding carboxylic acids is 1. The molecule has 0 amide bonds. The number of ketones is 1. The van der Waals surface area contributed by atoms with E-state index in [1.807, 2.05) is 0 Å². The summed E-state index contributed by atoms with van der Waals surface area (Å²) in [4.78, 5) is 11.4. The van der Waals surface area contributed by atoms with Crippen LogP contribution in [0, 0.1) is 0 Å². The van der Waals surface area contributed by atoms with E-state index in [9.17, 15) is 18.0 Å². The summed E-state index contributed by atoms with van der Waals surface area (Å²) < 4.78 is 43.2. The number of Topliss-reactive ketones (excluding diaryl/α,β-unsaturated/α-hetero) is 1. The number of para-hydroxylation sites is 1. The summed E-state index contributed by atoms with van der Waals surface area (Å²) in [5.41, 5.74) is -0.440. The second-order valence-electron chi connectivity index (χ2n) is 7.10. The van der Waals surface area contributed by atoms with Gasteiger partial charge in [0.05, 0.1) is 5.56 Å². The first kappa shape index (κ1) is 24.5. The van der Waals surface area contributed by atoms with Gasteiger partial charge < -0.3 is 10.1 Å². The third-order valence-electron chi connectivity index (χ3n) is 4.63. The smallest absolute Gasteiger partial charge is 0.455 e. The minimum absolute atomic E-state index is 0.0226. The molecule has 6 heteroatoms. The van der Waals surface area contributed by atoms with Crippen LogP contribution in [0.2, 0.25) is 0 Å². The maximum absolute atomic E-state index is 12.6. The van der Waals surface area contributed by atoms with Gasteiger partial charge in [0.2, 0.25) is 0 Å². The highest BCUT2D eigenvalue weighted by Crippen LogP contribution is 2.27. The van der Waals surface area contributed by atoms with Crippen molar-refractivity contribution in [2.45, 2.75) is 77.3 Å². The van der Waals surface area contributed by atoms with E-state index in [2.05, 4.69) is 12.2 Å². The number of alkyl halides is 3. The van der Waals surface area contributed by atoms with Crippen LogP contribution < -0.4 is 10.1 Å². The topological polar surface area (TPSA) is 38.3 Å².